The first-order valence-electron chi connectivity index (χ1n) is 6.92. The smallest absolute Gasteiger partial charge is 0.226 e. The van der Waals surface area contributed by atoms with E-state index in [9.17, 15) is 4.79 Å². The first-order chi connectivity index (χ1) is 9.16. The number of carbonyl (C=O) groups excluding carboxylic acids is 1. The summed E-state index contributed by atoms with van der Waals surface area (Å²) in [4.78, 5) is 14.6. The van der Waals surface area contributed by atoms with Crippen LogP contribution in [0.5, 0.6) is 0 Å². The molecule has 1 atom stereocenters. The highest BCUT2D eigenvalue weighted by molar-refractivity contribution is 9.10. The molecule has 0 bridgehead atoms. The van der Waals surface area contributed by atoms with E-state index in [0.717, 1.165) is 37.1 Å². The number of fused-ring (bicyclic) bond motifs is 1. The summed E-state index contributed by atoms with van der Waals surface area (Å²) in [6, 6.07) is 6.30. The minimum absolute atomic E-state index is 0.144. The molecule has 4 heteroatoms. The molecular formula is C15H19BrN2O. The second-order valence-electron chi connectivity index (χ2n) is 5.59. The van der Waals surface area contributed by atoms with Crippen molar-refractivity contribution in [2.45, 2.75) is 19.9 Å². The van der Waals surface area contributed by atoms with Crippen LogP contribution < -0.4 is 5.32 Å². The predicted octanol–water partition coefficient (Wildman–Crippen LogP) is 2.19. The lowest BCUT2D eigenvalue weighted by Crippen LogP contribution is -2.51. The fourth-order valence-corrected chi connectivity index (χ4v) is 3.41. The third kappa shape index (κ3) is 2.43. The van der Waals surface area contributed by atoms with Crippen molar-refractivity contribution in [3.05, 3.63) is 33.8 Å². The number of nitrogens with one attached hydrogen (secondary N) is 1. The van der Waals surface area contributed by atoms with Gasteiger partial charge in [0.2, 0.25) is 5.91 Å². The normalized spacial score (nSPS) is 20.6. The SMILES string of the molecule is CC(C(=O)N1CCc2cccc(Br)c2C1)C1CNC1. The average molecular weight is 323 g/mol. The Kier molecular flexibility index (Phi) is 3.63. The summed E-state index contributed by atoms with van der Waals surface area (Å²) in [5.74, 6) is 0.978. The largest absolute Gasteiger partial charge is 0.338 e. The minimum atomic E-state index is 0.144. The third-order valence-corrected chi connectivity index (χ3v) is 5.18. The van der Waals surface area contributed by atoms with Crippen LogP contribution in [0, 0.1) is 11.8 Å². The van der Waals surface area contributed by atoms with Crippen LogP contribution in [0.1, 0.15) is 18.1 Å². The Morgan fingerprint density at radius 2 is 2.26 bits per heavy atom. The summed E-state index contributed by atoms with van der Waals surface area (Å²) in [6.45, 7) is 5.65. The average Bonchev–Trinajstić information content (AvgIpc) is 2.36. The fraction of sp³-hybridized carbons (Fsp3) is 0.533. The zero-order valence-electron chi connectivity index (χ0n) is 11.2. The van der Waals surface area contributed by atoms with Gasteiger partial charge in [0.25, 0.3) is 0 Å². The van der Waals surface area contributed by atoms with E-state index in [1.807, 2.05) is 4.90 Å². The van der Waals surface area contributed by atoms with E-state index in [0.29, 0.717) is 11.8 Å². The zero-order valence-corrected chi connectivity index (χ0v) is 12.7. The molecule has 1 amide bonds. The van der Waals surface area contributed by atoms with E-state index in [1.165, 1.54) is 11.1 Å². The van der Waals surface area contributed by atoms with E-state index in [4.69, 9.17) is 0 Å². The molecule has 1 unspecified atom stereocenters. The quantitative estimate of drug-likeness (QED) is 0.905. The third-order valence-electron chi connectivity index (χ3n) is 4.44. The Morgan fingerprint density at radius 3 is 2.95 bits per heavy atom. The molecule has 0 radical (unpaired) electrons. The molecule has 3 nitrogen and oxygen atoms in total. The summed E-state index contributed by atoms with van der Waals surface area (Å²) in [6.07, 6.45) is 0.968. The lowest BCUT2D eigenvalue weighted by molar-refractivity contribution is -0.138. The van der Waals surface area contributed by atoms with Gasteiger partial charge in [0.1, 0.15) is 0 Å². The van der Waals surface area contributed by atoms with Crippen molar-refractivity contribution in [2.75, 3.05) is 19.6 Å². The molecule has 19 heavy (non-hydrogen) atoms. The Hall–Kier alpha value is -0.870. The van der Waals surface area contributed by atoms with Crippen molar-refractivity contribution < 1.29 is 4.79 Å². The maximum atomic E-state index is 12.5. The molecule has 0 spiro atoms. The van der Waals surface area contributed by atoms with Gasteiger partial charge in [0.15, 0.2) is 0 Å². The van der Waals surface area contributed by atoms with Crippen LogP contribution in [-0.4, -0.2) is 30.4 Å². The van der Waals surface area contributed by atoms with Crippen LogP contribution in [0.3, 0.4) is 0 Å². The molecule has 0 aliphatic carbocycles. The predicted molar refractivity (Wildman–Crippen MR) is 78.8 cm³/mol. The maximum absolute atomic E-state index is 12.5. The van der Waals surface area contributed by atoms with Gasteiger partial charge in [0.05, 0.1) is 0 Å². The van der Waals surface area contributed by atoms with E-state index < -0.39 is 0 Å². The van der Waals surface area contributed by atoms with Crippen molar-refractivity contribution >= 4 is 21.8 Å². The number of halogens is 1. The first-order valence-corrected chi connectivity index (χ1v) is 7.72. The molecule has 2 aliphatic heterocycles. The number of hydrogen-bond acceptors (Lipinski definition) is 2. The number of carbonyl (C=O) groups is 1. The molecule has 1 fully saturated rings. The van der Waals surface area contributed by atoms with Crippen molar-refractivity contribution in [3.63, 3.8) is 0 Å². The van der Waals surface area contributed by atoms with Gasteiger partial charge in [-0.2, -0.15) is 0 Å². The van der Waals surface area contributed by atoms with Gasteiger partial charge < -0.3 is 10.2 Å². The second-order valence-corrected chi connectivity index (χ2v) is 6.45. The highest BCUT2D eigenvalue weighted by atomic mass is 79.9. The molecule has 2 heterocycles. The Bertz CT molecular complexity index is 499. The molecule has 102 valence electrons. The first kappa shape index (κ1) is 13.1. The molecule has 0 saturated carbocycles. The minimum Gasteiger partial charge on any atom is -0.338 e. The number of amides is 1. The molecule has 1 aromatic rings. The van der Waals surface area contributed by atoms with E-state index in [-0.39, 0.29) is 5.92 Å². The van der Waals surface area contributed by atoms with E-state index in [2.05, 4.69) is 46.4 Å². The number of nitrogens with zero attached hydrogens (tertiary/aromatic N) is 1. The Morgan fingerprint density at radius 1 is 1.47 bits per heavy atom. The summed E-state index contributed by atoms with van der Waals surface area (Å²) in [5, 5.41) is 3.25. The van der Waals surface area contributed by atoms with Crippen molar-refractivity contribution in [1.29, 1.82) is 0 Å². The number of rotatable bonds is 2. The molecule has 1 aromatic carbocycles. The summed E-state index contributed by atoms with van der Waals surface area (Å²) >= 11 is 3.60. The summed E-state index contributed by atoms with van der Waals surface area (Å²) in [5.41, 5.74) is 2.65. The van der Waals surface area contributed by atoms with Crippen molar-refractivity contribution in [3.8, 4) is 0 Å². The van der Waals surface area contributed by atoms with Gasteiger partial charge in [0, 0.05) is 23.5 Å². The maximum Gasteiger partial charge on any atom is 0.226 e. The molecular weight excluding hydrogens is 304 g/mol. The van der Waals surface area contributed by atoms with Gasteiger partial charge >= 0.3 is 0 Å². The standard InChI is InChI=1S/C15H19BrN2O/c1-10(12-7-17-8-12)15(19)18-6-5-11-3-2-4-14(16)13(11)9-18/h2-4,10,12,17H,5-9H2,1H3. The lowest BCUT2D eigenvalue weighted by atomic mass is 9.87. The van der Waals surface area contributed by atoms with Crippen LogP contribution in [0.25, 0.3) is 0 Å². The van der Waals surface area contributed by atoms with Crippen molar-refractivity contribution in [2.24, 2.45) is 11.8 Å². The fourth-order valence-electron chi connectivity index (χ4n) is 2.88. The molecule has 1 N–H and O–H groups in total. The summed E-state index contributed by atoms with van der Waals surface area (Å²) < 4.78 is 1.13. The summed E-state index contributed by atoms with van der Waals surface area (Å²) in [7, 11) is 0. The number of hydrogen-bond donors (Lipinski definition) is 1. The monoisotopic (exact) mass is 322 g/mol. The van der Waals surface area contributed by atoms with Crippen LogP contribution in [0.2, 0.25) is 0 Å². The Labute approximate surface area is 122 Å². The highest BCUT2D eigenvalue weighted by Crippen LogP contribution is 2.28. The van der Waals surface area contributed by atoms with Crippen LogP contribution in [0.4, 0.5) is 0 Å². The van der Waals surface area contributed by atoms with E-state index in [1.54, 1.807) is 0 Å². The van der Waals surface area contributed by atoms with Gasteiger partial charge in [-0.05, 0) is 42.6 Å². The molecule has 0 aromatic heterocycles. The van der Waals surface area contributed by atoms with Crippen LogP contribution >= 0.6 is 15.9 Å². The van der Waals surface area contributed by atoms with Gasteiger partial charge in [-0.25, -0.2) is 0 Å². The van der Waals surface area contributed by atoms with Gasteiger partial charge in [-0.3, -0.25) is 4.79 Å². The van der Waals surface area contributed by atoms with E-state index >= 15 is 0 Å². The van der Waals surface area contributed by atoms with Crippen molar-refractivity contribution in [1.82, 2.24) is 10.2 Å². The highest BCUT2D eigenvalue weighted by Gasteiger charge is 2.33. The zero-order chi connectivity index (χ0) is 13.4. The van der Waals surface area contributed by atoms with Crippen LogP contribution in [-0.2, 0) is 17.8 Å². The second kappa shape index (κ2) is 5.25. The lowest BCUT2D eigenvalue weighted by Gasteiger charge is -2.37. The van der Waals surface area contributed by atoms with Gasteiger partial charge in [-0.1, -0.05) is 35.0 Å². The molecule has 2 aliphatic rings. The molecule has 3 rings (SSSR count). The van der Waals surface area contributed by atoms with Gasteiger partial charge in [-0.15, -0.1) is 0 Å². The molecule has 1 saturated heterocycles. The van der Waals surface area contributed by atoms with Crippen LogP contribution in [0.15, 0.2) is 22.7 Å². The number of benzene rings is 1. The Balaban J connectivity index is 1.74. The topological polar surface area (TPSA) is 32.3 Å².